The van der Waals surface area contributed by atoms with E-state index in [0.717, 1.165) is 12.0 Å². The third-order valence-electron chi connectivity index (χ3n) is 3.83. The van der Waals surface area contributed by atoms with Crippen molar-refractivity contribution in [1.82, 2.24) is 10.3 Å². The first-order valence-electron chi connectivity index (χ1n) is 8.66. The van der Waals surface area contributed by atoms with Gasteiger partial charge in [-0.15, -0.1) is 0 Å². The Kier molecular flexibility index (Phi) is 7.66. The summed E-state index contributed by atoms with van der Waals surface area (Å²) < 4.78 is 5.03. The molecule has 1 amide bonds. The van der Waals surface area contributed by atoms with E-state index >= 15 is 0 Å². The molecule has 0 aliphatic rings. The van der Waals surface area contributed by atoms with E-state index in [1.54, 1.807) is 25.3 Å². The van der Waals surface area contributed by atoms with E-state index in [9.17, 15) is 9.59 Å². The first-order valence-corrected chi connectivity index (χ1v) is 9.64. The molecule has 0 fully saturated rings. The van der Waals surface area contributed by atoms with Gasteiger partial charge in [-0.1, -0.05) is 48.5 Å². The number of thioether (sulfide) groups is 1. The van der Waals surface area contributed by atoms with Crippen LogP contribution < -0.4 is 5.32 Å². The average molecular weight is 372 g/mol. The Morgan fingerprint density at radius 1 is 1.19 bits per heavy atom. The molecule has 1 aromatic heterocycles. The predicted molar refractivity (Wildman–Crippen MR) is 103 cm³/mol. The number of rotatable bonds is 8. The predicted octanol–water partition coefficient (Wildman–Crippen LogP) is 3.93. The number of amides is 1. The number of nitrogens with zero attached hydrogens (tertiary/aromatic N) is 1. The van der Waals surface area contributed by atoms with Crippen molar-refractivity contribution < 1.29 is 14.3 Å². The number of hydrogen-bond acceptors (Lipinski definition) is 5. The summed E-state index contributed by atoms with van der Waals surface area (Å²) in [7, 11) is 0. The summed E-state index contributed by atoms with van der Waals surface area (Å²) in [6.07, 6.45) is 2.40. The van der Waals surface area contributed by atoms with Crippen LogP contribution in [0.1, 0.15) is 47.8 Å². The zero-order valence-corrected chi connectivity index (χ0v) is 16.1. The van der Waals surface area contributed by atoms with Gasteiger partial charge in [0.05, 0.1) is 24.0 Å². The maximum Gasteiger partial charge on any atom is 0.340 e. The molecule has 0 aliphatic heterocycles. The summed E-state index contributed by atoms with van der Waals surface area (Å²) in [5.41, 5.74) is 2.66. The molecule has 1 atom stereocenters. The van der Waals surface area contributed by atoms with Crippen LogP contribution in [0.4, 0.5) is 0 Å². The topological polar surface area (TPSA) is 68.3 Å². The van der Waals surface area contributed by atoms with E-state index in [2.05, 4.69) is 10.3 Å². The number of aryl methyl sites for hydroxylation is 1. The Balaban J connectivity index is 1.98. The Hall–Kier alpha value is -2.34. The zero-order chi connectivity index (χ0) is 18.9. The molecule has 0 bridgehead atoms. The lowest BCUT2D eigenvalue weighted by Crippen LogP contribution is -2.29. The number of carbonyl (C=O) groups is 2. The molecule has 0 radical (unpaired) electrons. The van der Waals surface area contributed by atoms with Gasteiger partial charge in [-0.3, -0.25) is 4.79 Å². The largest absolute Gasteiger partial charge is 0.462 e. The molecule has 0 saturated carbocycles. The van der Waals surface area contributed by atoms with Gasteiger partial charge in [0.2, 0.25) is 5.91 Å². The number of pyridine rings is 1. The maximum atomic E-state index is 12.4. The molecule has 0 saturated heterocycles. The smallest absolute Gasteiger partial charge is 0.340 e. The average Bonchev–Trinajstić information content (AvgIpc) is 2.65. The number of ether oxygens (including phenoxy) is 1. The fourth-order valence-electron chi connectivity index (χ4n) is 2.46. The van der Waals surface area contributed by atoms with Crippen molar-refractivity contribution in [3.05, 3.63) is 59.3 Å². The van der Waals surface area contributed by atoms with Gasteiger partial charge in [0.15, 0.2) is 0 Å². The molecule has 1 heterocycles. The third kappa shape index (κ3) is 5.59. The number of aromatic nitrogens is 1. The summed E-state index contributed by atoms with van der Waals surface area (Å²) in [6, 6.07) is 11.5. The van der Waals surface area contributed by atoms with E-state index in [1.807, 2.05) is 38.1 Å². The van der Waals surface area contributed by atoms with E-state index in [4.69, 9.17) is 4.74 Å². The molecule has 138 valence electrons. The van der Waals surface area contributed by atoms with Crippen molar-refractivity contribution in [2.24, 2.45) is 0 Å². The Morgan fingerprint density at radius 3 is 2.58 bits per heavy atom. The molecule has 0 spiro atoms. The minimum atomic E-state index is -0.422. The second-order valence-electron chi connectivity index (χ2n) is 5.80. The lowest BCUT2D eigenvalue weighted by molar-refractivity contribution is -0.119. The summed E-state index contributed by atoms with van der Waals surface area (Å²) in [5.74, 6) is -0.330. The summed E-state index contributed by atoms with van der Waals surface area (Å²) in [4.78, 5) is 28.5. The van der Waals surface area contributed by atoms with Crippen LogP contribution >= 0.6 is 11.8 Å². The molecule has 2 aromatic rings. The van der Waals surface area contributed by atoms with E-state index < -0.39 is 5.97 Å². The maximum absolute atomic E-state index is 12.4. The minimum Gasteiger partial charge on any atom is -0.462 e. The molecule has 2 rings (SSSR count). The summed E-state index contributed by atoms with van der Waals surface area (Å²) in [6.45, 7) is 6.13. The molecule has 0 unspecified atom stereocenters. The van der Waals surface area contributed by atoms with Crippen LogP contribution in [-0.2, 0) is 9.53 Å². The van der Waals surface area contributed by atoms with Crippen molar-refractivity contribution in [2.45, 2.75) is 38.3 Å². The molecular formula is C20H24N2O3S. The summed E-state index contributed by atoms with van der Waals surface area (Å²) >= 11 is 1.24. The SMILES string of the molecule is CCOC(=O)c1cccnc1SCC(=O)N[C@@H](CC)c1ccc(C)cc1. The van der Waals surface area contributed by atoms with Crippen LogP contribution in [0, 0.1) is 6.92 Å². The fraction of sp³-hybridized carbons (Fsp3) is 0.350. The highest BCUT2D eigenvalue weighted by atomic mass is 32.2. The number of nitrogens with one attached hydrogen (secondary N) is 1. The third-order valence-corrected chi connectivity index (χ3v) is 4.83. The first-order chi connectivity index (χ1) is 12.5. The van der Waals surface area contributed by atoms with E-state index in [1.165, 1.54) is 17.3 Å². The molecule has 0 aliphatic carbocycles. The fourth-order valence-corrected chi connectivity index (χ4v) is 3.25. The van der Waals surface area contributed by atoms with E-state index in [0.29, 0.717) is 17.2 Å². The monoisotopic (exact) mass is 372 g/mol. The van der Waals surface area contributed by atoms with Crippen molar-refractivity contribution in [3.8, 4) is 0 Å². The van der Waals surface area contributed by atoms with Crippen LogP contribution in [-0.4, -0.2) is 29.2 Å². The van der Waals surface area contributed by atoms with Gasteiger partial charge in [-0.25, -0.2) is 9.78 Å². The molecule has 26 heavy (non-hydrogen) atoms. The van der Waals surface area contributed by atoms with Crippen molar-refractivity contribution in [2.75, 3.05) is 12.4 Å². The quantitative estimate of drug-likeness (QED) is 0.562. The van der Waals surface area contributed by atoms with Gasteiger partial charge in [-0.05, 0) is 38.0 Å². The Bertz CT molecular complexity index is 747. The van der Waals surface area contributed by atoms with Gasteiger partial charge < -0.3 is 10.1 Å². The molecule has 1 aromatic carbocycles. The molecular weight excluding hydrogens is 348 g/mol. The minimum absolute atomic E-state index is 0.0306. The van der Waals surface area contributed by atoms with Crippen LogP contribution in [0.25, 0.3) is 0 Å². The highest BCUT2D eigenvalue weighted by Gasteiger charge is 2.17. The Labute approximate surface area is 158 Å². The highest BCUT2D eigenvalue weighted by molar-refractivity contribution is 8.00. The number of hydrogen-bond donors (Lipinski definition) is 1. The van der Waals surface area contributed by atoms with Crippen molar-refractivity contribution >= 4 is 23.6 Å². The second-order valence-corrected chi connectivity index (χ2v) is 6.77. The lowest BCUT2D eigenvalue weighted by Gasteiger charge is -2.17. The molecule has 5 nitrogen and oxygen atoms in total. The molecule has 6 heteroatoms. The summed E-state index contributed by atoms with van der Waals surface area (Å²) in [5, 5.41) is 3.55. The number of esters is 1. The normalized spacial score (nSPS) is 11.7. The van der Waals surface area contributed by atoms with Crippen molar-refractivity contribution in [3.63, 3.8) is 0 Å². The van der Waals surface area contributed by atoms with Gasteiger partial charge >= 0.3 is 5.97 Å². The van der Waals surface area contributed by atoms with Crippen LogP contribution in [0.3, 0.4) is 0 Å². The standard InChI is InChI=1S/C20H24N2O3S/c1-4-17(15-10-8-14(3)9-11-15)22-18(23)13-26-19-16(7-6-12-21-19)20(24)25-5-2/h6-12,17H,4-5,13H2,1-3H3,(H,22,23)/t17-/m0/s1. The Morgan fingerprint density at radius 2 is 1.92 bits per heavy atom. The van der Waals surface area contributed by atoms with E-state index in [-0.39, 0.29) is 17.7 Å². The first kappa shape index (κ1) is 20.0. The lowest BCUT2D eigenvalue weighted by atomic mass is 10.0. The van der Waals surface area contributed by atoms with Crippen molar-refractivity contribution in [1.29, 1.82) is 0 Å². The highest BCUT2D eigenvalue weighted by Crippen LogP contribution is 2.22. The van der Waals surface area contributed by atoms with Gasteiger partial charge in [0, 0.05) is 6.20 Å². The van der Waals surface area contributed by atoms with Gasteiger partial charge in [0.25, 0.3) is 0 Å². The van der Waals surface area contributed by atoms with Crippen LogP contribution in [0.15, 0.2) is 47.6 Å². The number of carbonyl (C=O) groups excluding carboxylic acids is 2. The zero-order valence-electron chi connectivity index (χ0n) is 15.3. The van der Waals surface area contributed by atoms with Gasteiger partial charge in [-0.2, -0.15) is 0 Å². The van der Waals surface area contributed by atoms with Crippen LogP contribution in [0.2, 0.25) is 0 Å². The number of benzene rings is 1. The molecule has 1 N–H and O–H groups in total. The second kappa shape index (κ2) is 9.97. The van der Waals surface area contributed by atoms with Crippen LogP contribution in [0.5, 0.6) is 0 Å². The van der Waals surface area contributed by atoms with Gasteiger partial charge in [0.1, 0.15) is 5.03 Å².